The van der Waals surface area contributed by atoms with E-state index in [9.17, 15) is 17.6 Å². The highest BCUT2D eigenvalue weighted by Crippen LogP contribution is 2.39. The van der Waals surface area contributed by atoms with Crippen molar-refractivity contribution in [3.8, 4) is 11.5 Å². The van der Waals surface area contributed by atoms with Crippen molar-refractivity contribution >= 4 is 27.3 Å². The molecular formula is C21H17FN2O4S. The summed E-state index contributed by atoms with van der Waals surface area (Å²) < 4.78 is 47.1. The van der Waals surface area contributed by atoms with Gasteiger partial charge in [0.2, 0.25) is 0 Å². The number of fused-ring (bicyclic) bond motifs is 2. The van der Waals surface area contributed by atoms with E-state index in [-0.39, 0.29) is 27.6 Å². The number of rotatable bonds is 3. The second-order valence-electron chi connectivity index (χ2n) is 6.66. The molecule has 4 rings (SSSR count). The molecule has 1 heterocycles. The highest BCUT2D eigenvalue weighted by atomic mass is 32.2. The fourth-order valence-corrected chi connectivity index (χ4v) is 4.21. The molecule has 0 radical (unpaired) electrons. The van der Waals surface area contributed by atoms with E-state index in [0.717, 1.165) is 6.07 Å². The Morgan fingerprint density at radius 1 is 1.00 bits per heavy atom. The molecule has 6 nitrogen and oxygen atoms in total. The van der Waals surface area contributed by atoms with Gasteiger partial charge in [0.15, 0.2) is 5.75 Å². The number of aryl methyl sites for hydroxylation is 1. The predicted molar refractivity (Wildman–Crippen MR) is 108 cm³/mol. The van der Waals surface area contributed by atoms with Gasteiger partial charge in [-0.25, -0.2) is 12.8 Å². The Kier molecular flexibility index (Phi) is 4.50. The summed E-state index contributed by atoms with van der Waals surface area (Å²) in [6.45, 7) is 1.49. The van der Waals surface area contributed by atoms with Crippen LogP contribution in [0.15, 0.2) is 65.6 Å². The zero-order valence-electron chi connectivity index (χ0n) is 15.6. The molecule has 0 saturated heterocycles. The van der Waals surface area contributed by atoms with Gasteiger partial charge < -0.3 is 9.64 Å². The Balaban J connectivity index is 1.70. The molecular weight excluding hydrogens is 395 g/mol. The average molecular weight is 412 g/mol. The van der Waals surface area contributed by atoms with Crippen molar-refractivity contribution < 1.29 is 22.3 Å². The maximum absolute atomic E-state index is 13.5. The third-order valence-corrected chi connectivity index (χ3v) is 6.03. The standard InChI is InChI=1S/C21H17FN2O4S/c1-13-11-15(8-9-17(13)22)29(26,27)23-14-7-10-19-16(12-14)21(25)24(2)18-5-3-4-6-20(18)28-19/h3-12,23H,1-2H3. The van der Waals surface area contributed by atoms with Crippen molar-refractivity contribution in [1.82, 2.24) is 0 Å². The van der Waals surface area contributed by atoms with Crippen LogP contribution in [0.2, 0.25) is 0 Å². The number of carbonyl (C=O) groups is 1. The molecule has 1 aliphatic rings. The predicted octanol–water partition coefficient (Wildman–Crippen LogP) is 4.32. The molecule has 0 bridgehead atoms. The van der Waals surface area contributed by atoms with Gasteiger partial charge in [0, 0.05) is 12.7 Å². The summed E-state index contributed by atoms with van der Waals surface area (Å²) in [5.74, 6) is 0.0348. The van der Waals surface area contributed by atoms with Gasteiger partial charge in [0.1, 0.15) is 11.6 Å². The summed E-state index contributed by atoms with van der Waals surface area (Å²) in [6.07, 6.45) is 0. The van der Waals surface area contributed by atoms with Crippen LogP contribution in [0.4, 0.5) is 15.8 Å². The Morgan fingerprint density at radius 2 is 1.76 bits per heavy atom. The maximum Gasteiger partial charge on any atom is 0.261 e. The number of halogens is 1. The SMILES string of the molecule is Cc1cc(S(=O)(=O)Nc2ccc3c(c2)C(=O)N(C)c2ccccc2O3)ccc1F. The Hall–Kier alpha value is -3.39. The van der Waals surface area contributed by atoms with Crippen LogP contribution < -0.4 is 14.4 Å². The fraction of sp³-hybridized carbons (Fsp3) is 0.0952. The van der Waals surface area contributed by atoms with Gasteiger partial charge >= 0.3 is 0 Å². The summed E-state index contributed by atoms with van der Waals surface area (Å²) in [6, 6.07) is 15.1. The average Bonchev–Trinajstić information content (AvgIpc) is 2.79. The highest BCUT2D eigenvalue weighted by Gasteiger charge is 2.26. The number of nitrogens with one attached hydrogen (secondary N) is 1. The number of para-hydroxylation sites is 2. The third kappa shape index (κ3) is 3.42. The van der Waals surface area contributed by atoms with Crippen LogP contribution in [-0.4, -0.2) is 21.4 Å². The van der Waals surface area contributed by atoms with Gasteiger partial charge in [-0.05, 0) is 61.0 Å². The van der Waals surface area contributed by atoms with Gasteiger partial charge in [-0.15, -0.1) is 0 Å². The van der Waals surface area contributed by atoms with Crippen LogP contribution in [0.1, 0.15) is 15.9 Å². The lowest BCUT2D eigenvalue weighted by Crippen LogP contribution is -2.25. The number of hydrogen-bond acceptors (Lipinski definition) is 4. The number of carbonyl (C=O) groups excluding carboxylic acids is 1. The van der Waals surface area contributed by atoms with Crippen LogP contribution >= 0.6 is 0 Å². The van der Waals surface area contributed by atoms with Gasteiger partial charge in [0.05, 0.1) is 16.1 Å². The van der Waals surface area contributed by atoms with Gasteiger partial charge in [0.25, 0.3) is 15.9 Å². The van der Waals surface area contributed by atoms with Gasteiger partial charge in [-0.2, -0.15) is 0 Å². The van der Waals surface area contributed by atoms with Gasteiger partial charge in [-0.1, -0.05) is 12.1 Å². The van der Waals surface area contributed by atoms with E-state index in [0.29, 0.717) is 17.2 Å². The Bertz CT molecular complexity index is 1240. The summed E-state index contributed by atoms with van der Waals surface area (Å²) in [5, 5.41) is 0. The van der Waals surface area contributed by atoms with Crippen molar-refractivity contribution in [2.75, 3.05) is 16.7 Å². The number of hydrogen-bond donors (Lipinski definition) is 1. The molecule has 0 fully saturated rings. The molecule has 3 aromatic carbocycles. The summed E-state index contributed by atoms with van der Waals surface area (Å²) >= 11 is 0. The molecule has 0 aliphatic carbocycles. The molecule has 3 aromatic rings. The van der Waals surface area contributed by atoms with Crippen LogP contribution in [0, 0.1) is 12.7 Å². The number of nitrogens with zero attached hydrogens (tertiary/aromatic N) is 1. The smallest absolute Gasteiger partial charge is 0.261 e. The van der Waals surface area contributed by atoms with Crippen molar-refractivity contribution in [3.05, 3.63) is 77.6 Å². The van der Waals surface area contributed by atoms with Crippen LogP contribution in [-0.2, 0) is 10.0 Å². The zero-order chi connectivity index (χ0) is 20.8. The monoisotopic (exact) mass is 412 g/mol. The molecule has 0 aromatic heterocycles. The van der Waals surface area contributed by atoms with E-state index in [4.69, 9.17) is 4.74 Å². The van der Waals surface area contributed by atoms with Crippen molar-refractivity contribution in [2.24, 2.45) is 0 Å². The molecule has 0 spiro atoms. The zero-order valence-corrected chi connectivity index (χ0v) is 16.5. The lowest BCUT2D eigenvalue weighted by atomic mass is 10.1. The molecule has 148 valence electrons. The molecule has 29 heavy (non-hydrogen) atoms. The minimum atomic E-state index is -3.96. The molecule has 8 heteroatoms. The number of benzene rings is 3. The summed E-state index contributed by atoms with van der Waals surface area (Å²) in [4.78, 5) is 14.3. The third-order valence-electron chi connectivity index (χ3n) is 4.65. The largest absolute Gasteiger partial charge is 0.454 e. The molecule has 1 aliphatic heterocycles. The quantitative estimate of drug-likeness (QED) is 0.695. The summed E-state index contributed by atoms with van der Waals surface area (Å²) in [7, 11) is -2.33. The molecule has 1 N–H and O–H groups in total. The number of ether oxygens (including phenoxy) is 1. The van der Waals surface area contributed by atoms with Crippen molar-refractivity contribution in [1.29, 1.82) is 0 Å². The van der Waals surface area contributed by atoms with Crippen molar-refractivity contribution in [2.45, 2.75) is 11.8 Å². The van der Waals surface area contributed by atoms with E-state index >= 15 is 0 Å². The molecule has 0 saturated carbocycles. The normalized spacial score (nSPS) is 13.2. The summed E-state index contributed by atoms with van der Waals surface area (Å²) in [5.41, 5.74) is 1.25. The topological polar surface area (TPSA) is 75.7 Å². The Labute approximate surface area is 167 Å². The highest BCUT2D eigenvalue weighted by molar-refractivity contribution is 7.92. The Morgan fingerprint density at radius 3 is 2.52 bits per heavy atom. The molecule has 0 atom stereocenters. The van der Waals surface area contributed by atoms with E-state index in [1.807, 2.05) is 0 Å². The minimum Gasteiger partial charge on any atom is -0.454 e. The molecule has 1 amide bonds. The van der Waals surface area contributed by atoms with E-state index in [2.05, 4.69) is 4.72 Å². The number of amides is 1. The number of anilines is 2. The van der Waals surface area contributed by atoms with Crippen LogP contribution in [0.3, 0.4) is 0 Å². The number of sulfonamides is 1. The fourth-order valence-electron chi connectivity index (χ4n) is 3.08. The van der Waals surface area contributed by atoms with Gasteiger partial charge in [-0.3, -0.25) is 9.52 Å². The lowest BCUT2D eigenvalue weighted by molar-refractivity contribution is 0.0993. The first-order valence-electron chi connectivity index (χ1n) is 8.74. The molecule has 0 unspecified atom stereocenters. The van der Waals surface area contributed by atoms with E-state index in [1.54, 1.807) is 31.3 Å². The first kappa shape index (κ1) is 18.9. The first-order valence-corrected chi connectivity index (χ1v) is 10.2. The minimum absolute atomic E-state index is 0.0709. The van der Waals surface area contributed by atoms with Crippen LogP contribution in [0.25, 0.3) is 0 Å². The first-order chi connectivity index (χ1) is 13.8. The maximum atomic E-state index is 13.5. The van der Waals surface area contributed by atoms with E-state index < -0.39 is 15.8 Å². The van der Waals surface area contributed by atoms with Crippen molar-refractivity contribution in [3.63, 3.8) is 0 Å². The second kappa shape index (κ2) is 6.89. The van der Waals surface area contributed by atoms with E-state index in [1.165, 1.54) is 42.2 Å². The second-order valence-corrected chi connectivity index (χ2v) is 8.34. The van der Waals surface area contributed by atoms with Crippen LogP contribution in [0.5, 0.6) is 11.5 Å². The lowest BCUT2D eigenvalue weighted by Gasteiger charge is -2.16.